The van der Waals surface area contributed by atoms with Crippen molar-refractivity contribution in [1.29, 1.82) is 0 Å². The SMILES string of the molecule is COc1ccc(S(=O)(=O)N(Cc2ccccc2)c2ccccc2C(=O)N/N=C\c2ccc(N(C)C)cc2)cc1. The van der Waals surface area contributed by atoms with Crippen molar-refractivity contribution in [1.82, 2.24) is 5.43 Å². The molecule has 0 aliphatic carbocycles. The minimum Gasteiger partial charge on any atom is -0.497 e. The minimum absolute atomic E-state index is 0.0288. The molecule has 0 bridgehead atoms. The first-order valence-corrected chi connectivity index (χ1v) is 13.6. The molecule has 0 fully saturated rings. The molecule has 0 spiro atoms. The molecule has 0 heterocycles. The first-order valence-electron chi connectivity index (χ1n) is 12.2. The Balaban J connectivity index is 1.66. The number of ether oxygens (including phenoxy) is 1. The lowest BCUT2D eigenvalue weighted by atomic mass is 10.1. The molecule has 0 saturated heterocycles. The van der Waals surface area contributed by atoms with Gasteiger partial charge in [0.15, 0.2) is 0 Å². The summed E-state index contributed by atoms with van der Waals surface area (Å²) < 4.78 is 34.2. The van der Waals surface area contributed by atoms with Crippen molar-refractivity contribution in [2.45, 2.75) is 11.4 Å². The number of carbonyl (C=O) groups excluding carboxylic acids is 1. The van der Waals surface area contributed by atoms with Crippen molar-refractivity contribution >= 4 is 33.5 Å². The van der Waals surface area contributed by atoms with Gasteiger partial charge in [-0.05, 0) is 59.7 Å². The number of amides is 1. The van der Waals surface area contributed by atoms with Crippen LogP contribution in [-0.2, 0) is 16.6 Å². The summed E-state index contributed by atoms with van der Waals surface area (Å²) in [7, 11) is 1.37. The number of hydrazone groups is 1. The number of para-hydroxylation sites is 1. The number of sulfonamides is 1. The van der Waals surface area contributed by atoms with E-state index in [1.165, 1.54) is 29.8 Å². The zero-order valence-corrected chi connectivity index (χ0v) is 22.8. The second-order valence-corrected chi connectivity index (χ2v) is 10.7. The third-order valence-corrected chi connectivity index (χ3v) is 7.80. The summed E-state index contributed by atoms with van der Waals surface area (Å²) >= 11 is 0. The van der Waals surface area contributed by atoms with Gasteiger partial charge in [-0.15, -0.1) is 0 Å². The van der Waals surface area contributed by atoms with Crippen molar-refractivity contribution in [3.63, 3.8) is 0 Å². The van der Waals surface area contributed by atoms with Gasteiger partial charge in [0, 0.05) is 19.8 Å². The Labute approximate surface area is 229 Å². The number of nitrogens with zero attached hydrogens (tertiary/aromatic N) is 3. The number of rotatable bonds is 10. The van der Waals surface area contributed by atoms with Crippen LogP contribution in [0.25, 0.3) is 0 Å². The fourth-order valence-electron chi connectivity index (χ4n) is 3.89. The van der Waals surface area contributed by atoms with Crippen molar-refractivity contribution in [2.75, 3.05) is 30.4 Å². The third-order valence-electron chi connectivity index (χ3n) is 6.02. The molecule has 9 heteroatoms. The Bertz CT molecular complexity index is 1540. The van der Waals surface area contributed by atoms with E-state index in [4.69, 9.17) is 4.74 Å². The quantitative estimate of drug-likeness (QED) is 0.227. The minimum atomic E-state index is -4.05. The molecule has 0 atom stereocenters. The normalized spacial score (nSPS) is 11.3. The lowest BCUT2D eigenvalue weighted by Gasteiger charge is -2.26. The molecule has 200 valence electrons. The Kier molecular flexibility index (Phi) is 8.63. The second-order valence-electron chi connectivity index (χ2n) is 8.88. The molecule has 1 N–H and O–H groups in total. The van der Waals surface area contributed by atoms with Crippen LogP contribution in [0.15, 0.2) is 113 Å². The number of nitrogens with one attached hydrogen (secondary N) is 1. The van der Waals surface area contributed by atoms with E-state index in [2.05, 4.69) is 10.5 Å². The maximum atomic E-state index is 13.9. The highest BCUT2D eigenvalue weighted by Gasteiger charge is 2.28. The Morgan fingerprint density at radius 2 is 1.51 bits per heavy atom. The number of hydrogen-bond donors (Lipinski definition) is 1. The Morgan fingerprint density at radius 1 is 0.872 bits per heavy atom. The van der Waals surface area contributed by atoms with Gasteiger partial charge in [0.05, 0.1) is 36.0 Å². The molecular formula is C30H30N4O4S. The van der Waals surface area contributed by atoms with Crippen LogP contribution in [-0.4, -0.2) is 41.7 Å². The molecule has 4 aromatic rings. The molecule has 1 amide bonds. The molecule has 0 saturated carbocycles. The molecule has 0 aromatic heterocycles. The zero-order valence-electron chi connectivity index (χ0n) is 22.0. The highest BCUT2D eigenvalue weighted by atomic mass is 32.2. The third kappa shape index (κ3) is 6.63. The average Bonchev–Trinajstić information content (AvgIpc) is 2.96. The molecule has 4 rings (SSSR count). The van der Waals surface area contributed by atoms with Crippen molar-refractivity contribution in [3.05, 3.63) is 120 Å². The highest BCUT2D eigenvalue weighted by molar-refractivity contribution is 7.92. The molecule has 4 aromatic carbocycles. The van der Waals surface area contributed by atoms with Gasteiger partial charge in [0.2, 0.25) is 0 Å². The number of anilines is 2. The molecule has 0 aliphatic heterocycles. The molecule has 8 nitrogen and oxygen atoms in total. The van der Waals surface area contributed by atoms with Gasteiger partial charge in [0.25, 0.3) is 15.9 Å². The number of methoxy groups -OCH3 is 1. The van der Waals surface area contributed by atoms with Crippen molar-refractivity contribution in [3.8, 4) is 5.75 Å². The van der Waals surface area contributed by atoms with Crippen LogP contribution in [0.2, 0.25) is 0 Å². The average molecular weight is 543 g/mol. The topological polar surface area (TPSA) is 91.3 Å². The van der Waals surface area contributed by atoms with E-state index in [1.54, 1.807) is 36.4 Å². The van der Waals surface area contributed by atoms with E-state index in [-0.39, 0.29) is 22.7 Å². The molecule has 39 heavy (non-hydrogen) atoms. The van der Waals surface area contributed by atoms with Crippen LogP contribution in [0.4, 0.5) is 11.4 Å². The lowest BCUT2D eigenvalue weighted by molar-refractivity contribution is 0.0955. The number of benzene rings is 4. The summed E-state index contributed by atoms with van der Waals surface area (Å²) in [6, 6.07) is 29.6. The molecular weight excluding hydrogens is 512 g/mol. The summed E-state index contributed by atoms with van der Waals surface area (Å²) in [5.41, 5.74) is 5.56. The van der Waals surface area contributed by atoms with E-state index >= 15 is 0 Å². The van der Waals surface area contributed by atoms with Crippen LogP contribution in [0, 0.1) is 0 Å². The van der Waals surface area contributed by atoms with Crippen LogP contribution in [0.5, 0.6) is 5.75 Å². The predicted molar refractivity (Wildman–Crippen MR) is 155 cm³/mol. The molecule has 0 radical (unpaired) electrons. The van der Waals surface area contributed by atoms with Gasteiger partial charge in [-0.3, -0.25) is 9.10 Å². The highest BCUT2D eigenvalue weighted by Crippen LogP contribution is 2.30. The largest absolute Gasteiger partial charge is 0.497 e. The fourth-order valence-corrected chi connectivity index (χ4v) is 5.36. The van der Waals surface area contributed by atoms with Crippen molar-refractivity contribution in [2.24, 2.45) is 5.10 Å². The first-order chi connectivity index (χ1) is 18.8. The smallest absolute Gasteiger partial charge is 0.273 e. The maximum Gasteiger partial charge on any atom is 0.273 e. The summed E-state index contributed by atoms with van der Waals surface area (Å²) in [5, 5.41) is 4.10. The Hall–Kier alpha value is -4.63. The van der Waals surface area contributed by atoms with Crippen molar-refractivity contribution < 1.29 is 17.9 Å². The van der Waals surface area contributed by atoms with Crippen LogP contribution in [0.3, 0.4) is 0 Å². The number of carbonyl (C=O) groups is 1. The van der Waals surface area contributed by atoms with E-state index < -0.39 is 15.9 Å². The van der Waals surface area contributed by atoms with E-state index in [9.17, 15) is 13.2 Å². The summed E-state index contributed by atoms with van der Waals surface area (Å²) in [6.45, 7) is 0.0288. The summed E-state index contributed by atoms with van der Waals surface area (Å²) in [6.07, 6.45) is 1.54. The van der Waals surface area contributed by atoms with E-state index in [0.717, 1.165) is 16.8 Å². The Morgan fingerprint density at radius 3 is 2.15 bits per heavy atom. The van der Waals surface area contributed by atoms with E-state index in [0.29, 0.717) is 5.75 Å². The lowest BCUT2D eigenvalue weighted by Crippen LogP contribution is -2.33. The zero-order chi connectivity index (χ0) is 27.8. The number of hydrogen-bond acceptors (Lipinski definition) is 6. The van der Waals surface area contributed by atoms with Crippen LogP contribution >= 0.6 is 0 Å². The standard InChI is InChI=1S/C30H30N4O4S/c1-33(2)25-15-13-23(14-16-25)21-31-32-30(35)28-11-7-8-12-29(28)34(22-24-9-5-4-6-10-24)39(36,37)27-19-17-26(38-3)18-20-27/h4-21H,22H2,1-3H3,(H,32,35)/b31-21-. The van der Waals surface area contributed by atoms with Gasteiger partial charge < -0.3 is 9.64 Å². The first kappa shape index (κ1) is 27.4. The fraction of sp³-hybridized carbons (Fsp3) is 0.133. The second kappa shape index (κ2) is 12.3. The summed E-state index contributed by atoms with van der Waals surface area (Å²) in [5.74, 6) is 0.00677. The van der Waals surface area contributed by atoms with Gasteiger partial charge in [-0.25, -0.2) is 13.8 Å². The van der Waals surface area contributed by atoms with E-state index in [1.807, 2.05) is 73.6 Å². The maximum absolute atomic E-state index is 13.9. The van der Waals surface area contributed by atoms with Crippen LogP contribution in [0.1, 0.15) is 21.5 Å². The van der Waals surface area contributed by atoms with Crippen LogP contribution < -0.4 is 19.4 Å². The van der Waals surface area contributed by atoms with Gasteiger partial charge in [-0.2, -0.15) is 5.10 Å². The summed E-state index contributed by atoms with van der Waals surface area (Å²) in [4.78, 5) is 15.3. The molecule has 0 unspecified atom stereocenters. The van der Waals surface area contributed by atoms with Gasteiger partial charge >= 0.3 is 0 Å². The monoisotopic (exact) mass is 542 g/mol. The molecule has 0 aliphatic rings. The predicted octanol–water partition coefficient (Wildman–Crippen LogP) is 4.92. The van der Waals surface area contributed by atoms with Gasteiger partial charge in [-0.1, -0.05) is 54.6 Å². The van der Waals surface area contributed by atoms with Gasteiger partial charge in [0.1, 0.15) is 5.75 Å².